The fraction of sp³-hybridized carbons (Fsp3) is 0.0103. The monoisotopic (exact) mass is 1330 g/mol. The molecule has 4 heterocycles. The normalized spacial score (nSPS) is 14.0. The van der Waals surface area contributed by atoms with Crippen molar-refractivity contribution in [3.05, 3.63) is 411 Å². The first-order chi connectivity index (χ1) is 52.2. The highest BCUT2D eigenvalue weighted by atomic mass is 15.3. The summed E-state index contributed by atoms with van der Waals surface area (Å²) in [5, 5.41) is 0. The highest BCUT2D eigenvalue weighted by Crippen LogP contribution is 2.69. The minimum atomic E-state index is -0.886. The van der Waals surface area contributed by atoms with Crippen molar-refractivity contribution in [2.24, 2.45) is 0 Å². The Bertz CT molecular complexity index is 5700. The first kappa shape index (κ1) is 59.2. The maximum atomic E-state index is 2.61. The van der Waals surface area contributed by atoms with Crippen molar-refractivity contribution in [3.8, 4) is 22.3 Å². The van der Waals surface area contributed by atoms with E-state index in [9.17, 15) is 0 Å². The van der Waals surface area contributed by atoms with E-state index in [1.54, 1.807) is 0 Å². The third-order valence-corrected chi connectivity index (χ3v) is 22.9. The third-order valence-electron chi connectivity index (χ3n) is 22.9. The van der Waals surface area contributed by atoms with Crippen LogP contribution < -0.4 is 62.2 Å². The zero-order valence-electron chi connectivity index (χ0n) is 57.3. The number of para-hydroxylation sites is 14. The maximum Gasteiger partial charge on any atom is 0.246 e. The quantitative estimate of drug-likeness (QED) is 0.140. The summed E-state index contributed by atoms with van der Waals surface area (Å²) in [4.78, 5) is 15.1. The Kier molecular flexibility index (Phi) is 13.1. The van der Waals surface area contributed by atoms with E-state index in [-0.39, 0.29) is 13.4 Å². The molecule has 22 rings (SSSR count). The summed E-state index contributed by atoms with van der Waals surface area (Å²) in [5.74, 6) is 0. The van der Waals surface area contributed by atoms with Gasteiger partial charge in [-0.05, 0) is 189 Å². The molecule has 8 heteroatoms. The Morgan fingerprint density at radius 3 is 0.743 bits per heavy atom. The van der Waals surface area contributed by atoms with Crippen LogP contribution in [0.25, 0.3) is 22.3 Å². The summed E-state index contributed by atoms with van der Waals surface area (Å²) in [6.07, 6.45) is 0. The molecule has 0 amide bonds. The van der Waals surface area contributed by atoms with E-state index in [4.69, 9.17) is 0 Å². The fourth-order valence-corrected chi connectivity index (χ4v) is 18.9. The molecule has 0 bridgehead atoms. The van der Waals surface area contributed by atoms with Gasteiger partial charge < -0.3 is 29.4 Å². The van der Waals surface area contributed by atoms with Gasteiger partial charge in [-0.1, -0.05) is 266 Å². The van der Waals surface area contributed by atoms with Crippen molar-refractivity contribution in [2.45, 2.75) is 5.41 Å². The van der Waals surface area contributed by atoms with Gasteiger partial charge in [0.25, 0.3) is 0 Å². The fourth-order valence-electron chi connectivity index (χ4n) is 18.9. The standard InChI is InChI=1S/C97H64B2N6/c1-7-31-65(32-8-1)98-79-43-19-21-45-83(79)104(69-39-15-5-16-40-69)95-81(98)61-59-77-93(95)73-63-71(102-89-51-27-23-47-85(89)100(67-35-11-3-12-36-67)86-48-24-28-52-90(86)102)55-57-75(73)97(77)76-58-56-72(103-91-53-29-25-49-87(91)101(68-37-13-4-14-38-68)88-50-26-30-54-92(88)103)64-74(76)94-78(97)60-62-82-96(94)105(70-41-17-6-18-42-70)84-46-22-20-44-80(84)99(82)66-33-9-2-10-34-66/h1-64H. The van der Waals surface area contributed by atoms with Crippen LogP contribution >= 0.6 is 0 Å². The molecule has 0 atom stereocenters. The molecule has 0 N–H and O–H groups in total. The van der Waals surface area contributed by atoms with E-state index in [0.29, 0.717) is 0 Å². The summed E-state index contributed by atoms with van der Waals surface area (Å²) in [6.45, 7) is -0.174. The van der Waals surface area contributed by atoms with Crippen LogP contribution in [0.4, 0.5) is 102 Å². The second kappa shape index (κ2) is 23.2. The van der Waals surface area contributed by atoms with Gasteiger partial charge in [0, 0.05) is 68.0 Å². The molecule has 0 radical (unpaired) electrons. The number of nitrogens with zero attached hydrogens (tertiary/aromatic N) is 6. The van der Waals surface area contributed by atoms with E-state index < -0.39 is 5.41 Å². The molecular weight excluding hydrogens is 1270 g/mol. The number of hydrogen-bond donors (Lipinski definition) is 0. The molecule has 16 aromatic carbocycles. The zero-order valence-corrected chi connectivity index (χ0v) is 57.3. The maximum absolute atomic E-state index is 2.61. The number of fused-ring (bicyclic) bond motifs is 20. The van der Waals surface area contributed by atoms with E-state index in [1.165, 1.54) is 100 Å². The molecule has 105 heavy (non-hydrogen) atoms. The average Bonchev–Trinajstić information content (AvgIpc) is 1.49. The lowest BCUT2D eigenvalue weighted by Crippen LogP contribution is -2.57. The van der Waals surface area contributed by atoms with Crippen LogP contribution in [0.5, 0.6) is 0 Å². The van der Waals surface area contributed by atoms with Gasteiger partial charge in [0.2, 0.25) is 13.4 Å². The molecule has 0 saturated carbocycles. The van der Waals surface area contributed by atoms with Crippen LogP contribution in [0, 0.1) is 0 Å². The van der Waals surface area contributed by atoms with Gasteiger partial charge in [-0.25, -0.2) is 0 Å². The summed E-state index contributed by atoms with van der Waals surface area (Å²) >= 11 is 0. The van der Waals surface area contributed by atoms with Gasteiger partial charge in [0.15, 0.2) is 0 Å². The predicted molar refractivity (Wildman–Crippen MR) is 440 cm³/mol. The molecule has 0 aromatic heterocycles. The van der Waals surface area contributed by atoms with Crippen LogP contribution in [-0.4, -0.2) is 13.4 Å². The zero-order chi connectivity index (χ0) is 68.8. The van der Waals surface area contributed by atoms with Crippen LogP contribution in [0.1, 0.15) is 22.3 Å². The van der Waals surface area contributed by atoms with Crippen LogP contribution in [0.15, 0.2) is 388 Å². The Hall–Kier alpha value is -13.6. The smallest absolute Gasteiger partial charge is 0.246 e. The SMILES string of the molecule is c1ccc(B2c3ccccc3N(c3ccccc3)c3c2ccc2c3-c3cc(N4c5ccccc5N(c5ccccc5)c5ccccc54)ccc3C23c2ccc(N4c5ccccc5N(c5ccccc5)c5ccccc54)cc2-c2c3ccc3c2N(c2ccccc2)c2ccccc2B3c2ccccc2)cc1. The minimum Gasteiger partial charge on any atom is -0.311 e. The first-order valence-corrected chi connectivity index (χ1v) is 36.5. The van der Waals surface area contributed by atoms with Gasteiger partial charge in [0.05, 0.1) is 50.9 Å². The second-order valence-electron chi connectivity index (χ2n) is 28.2. The number of rotatable bonds is 8. The summed E-state index contributed by atoms with van der Waals surface area (Å²) in [7, 11) is 0. The van der Waals surface area contributed by atoms with E-state index in [2.05, 4.69) is 418 Å². The van der Waals surface area contributed by atoms with Crippen LogP contribution in [-0.2, 0) is 5.41 Å². The van der Waals surface area contributed by atoms with Crippen molar-refractivity contribution in [1.29, 1.82) is 0 Å². The number of hydrogen-bond acceptors (Lipinski definition) is 6. The highest BCUT2D eigenvalue weighted by molar-refractivity contribution is 6.99. The van der Waals surface area contributed by atoms with Crippen molar-refractivity contribution in [2.75, 3.05) is 29.4 Å². The molecule has 488 valence electrons. The van der Waals surface area contributed by atoms with E-state index >= 15 is 0 Å². The average molecular weight is 1340 g/mol. The second-order valence-corrected chi connectivity index (χ2v) is 28.2. The molecular formula is C97H64B2N6. The molecule has 2 aliphatic carbocycles. The molecule has 0 saturated heterocycles. The lowest BCUT2D eigenvalue weighted by molar-refractivity contribution is 0.794. The summed E-state index contributed by atoms with van der Waals surface area (Å²) < 4.78 is 0. The molecule has 6 nitrogen and oxygen atoms in total. The lowest BCUT2D eigenvalue weighted by Gasteiger charge is -2.40. The molecule has 16 aromatic rings. The summed E-state index contributed by atoms with van der Waals surface area (Å²) in [6, 6.07) is 146. The van der Waals surface area contributed by atoms with Crippen LogP contribution in [0.3, 0.4) is 0 Å². The van der Waals surface area contributed by atoms with Gasteiger partial charge in [-0.15, -0.1) is 0 Å². The number of anilines is 18. The molecule has 0 fully saturated rings. The Labute approximate surface area is 612 Å². The number of benzene rings is 16. The largest absolute Gasteiger partial charge is 0.311 e. The van der Waals surface area contributed by atoms with Crippen molar-refractivity contribution >= 4 is 149 Å². The minimum absolute atomic E-state index is 0.0871. The van der Waals surface area contributed by atoms with Gasteiger partial charge in [0.1, 0.15) is 0 Å². The van der Waals surface area contributed by atoms with Crippen molar-refractivity contribution in [3.63, 3.8) is 0 Å². The van der Waals surface area contributed by atoms with E-state index in [0.717, 1.165) is 79.6 Å². The molecule has 0 unspecified atom stereocenters. The van der Waals surface area contributed by atoms with E-state index in [1.807, 2.05) is 0 Å². The first-order valence-electron chi connectivity index (χ1n) is 36.5. The van der Waals surface area contributed by atoms with Gasteiger partial charge in [-0.2, -0.15) is 0 Å². The molecule has 6 aliphatic rings. The molecule has 1 spiro atoms. The Morgan fingerprint density at radius 1 is 0.181 bits per heavy atom. The molecule has 4 aliphatic heterocycles. The van der Waals surface area contributed by atoms with Crippen molar-refractivity contribution in [1.82, 2.24) is 0 Å². The third kappa shape index (κ3) is 8.50. The van der Waals surface area contributed by atoms with Crippen molar-refractivity contribution < 1.29 is 0 Å². The lowest BCUT2D eigenvalue weighted by atomic mass is 9.35. The predicted octanol–water partition coefficient (Wildman–Crippen LogP) is 21.1. The van der Waals surface area contributed by atoms with Crippen LogP contribution in [0.2, 0.25) is 0 Å². The Balaban J connectivity index is 0.881. The summed E-state index contributed by atoms with van der Waals surface area (Å²) in [5.41, 5.74) is 36.6. The Morgan fingerprint density at radius 2 is 0.429 bits per heavy atom. The topological polar surface area (TPSA) is 19.4 Å². The van der Waals surface area contributed by atoms with Gasteiger partial charge in [-0.3, -0.25) is 0 Å². The van der Waals surface area contributed by atoms with Gasteiger partial charge >= 0.3 is 0 Å². The highest BCUT2D eigenvalue weighted by Gasteiger charge is 2.56.